The molecule has 0 N–H and O–H groups in total. The molecule has 0 saturated carbocycles. The zero-order valence-electron chi connectivity index (χ0n) is 27.2. The first-order valence-corrected chi connectivity index (χ1v) is 16.0. The minimum absolute atomic E-state index is 0.000954. The van der Waals surface area contributed by atoms with Gasteiger partial charge in [0.1, 0.15) is 12.4 Å². The lowest BCUT2D eigenvalue weighted by molar-refractivity contribution is -0.361. The van der Waals surface area contributed by atoms with E-state index in [1.807, 2.05) is 6.92 Å². The molecular weight excluding hydrogens is 667 g/mol. The van der Waals surface area contributed by atoms with Crippen LogP contribution in [0.4, 0.5) is 39.5 Å². The van der Waals surface area contributed by atoms with Crippen molar-refractivity contribution in [3.05, 3.63) is 77.9 Å². The van der Waals surface area contributed by atoms with Crippen molar-refractivity contribution < 1.29 is 58.5 Å². The lowest BCUT2D eigenvalue weighted by Gasteiger charge is -2.27. The molecule has 3 aromatic rings. The molecule has 0 amide bonds. The van der Waals surface area contributed by atoms with E-state index in [0.717, 1.165) is 32.1 Å². The molecule has 0 aliphatic rings. The van der Waals surface area contributed by atoms with Gasteiger partial charge < -0.3 is 14.2 Å². The van der Waals surface area contributed by atoms with Gasteiger partial charge in [0.25, 0.3) is 0 Å². The molecule has 270 valence electrons. The van der Waals surface area contributed by atoms with E-state index in [1.165, 1.54) is 36.4 Å². The van der Waals surface area contributed by atoms with Crippen molar-refractivity contribution in [2.24, 2.45) is 0 Å². The Morgan fingerprint density at radius 2 is 1.27 bits per heavy atom. The third-order valence-electron chi connectivity index (χ3n) is 7.71. The van der Waals surface area contributed by atoms with E-state index < -0.39 is 42.9 Å². The predicted molar refractivity (Wildman–Crippen MR) is 167 cm³/mol. The summed E-state index contributed by atoms with van der Waals surface area (Å²) in [5, 5.41) is 0. The van der Waals surface area contributed by atoms with Crippen LogP contribution in [0, 0.1) is 11.6 Å². The molecule has 0 radical (unpaired) electrons. The van der Waals surface area contributed by atoms with Crippen LogP contribution in [-0.2, 0) is 20.7 Å². The Hall–Kier alpha value is -3.74. The zero-order chi connectivity index (χ0) is 36.2. The van der Waals surface area contributed by atoms with Crippen molar-refractivity contribution in [2.75, 3.05) is 19.8 Å². The third kappa shape index (κ3) is 11.1. The van der Waals surface area contributed by atoms with Crippen LogP contribution in [0.1, 0.15) is 64.4 Å². The highest BCUT2D eigenvalue weighted by molar-refractivity contribution is 5.74. The Kier molecular flexibility index (Phi) is 14.4. The number of rotatable bonds is 19. The average molecular weight is 707 g/mol. The molecule has 3 rings (SSSR count). The Bertz CT molecular complexity index is 1470. The highest BCUT2D eigenvalue weighted by Crippen LogP contribution is 2.46. The maximum absolute atomic E-state index is 15.2. The summed E-state index contributed by atoms with van der Waals surface area (Å²) >= 11 is 0. The normalized spacial score (nSPS) is 13.0. The molecule has 49 heavy (non-hydrogen) atoms. The van der Waals surface area contributed by atoms with Crippen LogP contribution in [0.3, 0.4) is 0 Å². The SMILES string of the molecule is CCCCCC[C@H](C)OC(=O)Cc1ccc(-c2ccc(-c3ccc(OCCCCOCC(F)(F)C(F)(F)C(F)(F)F)cc3)c(F)c2F)cc1. The van der Waals surface area contributed by atoms with Gasteiger partial charge in [-0.05, 0) is 61.4 Å². The monoisotopic (exact) mass is 706 g/mol. The van der Waals surface area contributed by atoms with Crippen LogP contribution in [0.15, 0.2) is 60.7 Å². The fourth-order valence-electron chi connectivity index (χ4n) is 4.87. The van der Waals surface area contributed by atoms with Gasteiger partial charge in [-0.15, -0.1) is 0 Å². The van der Waals surface area contributed by atoms with Gasteiger partial charge in [-0.2, -0.15) is 30.7 Å². The van der Waals surface area contributed by atoms with Crippen LogP contribution in [0.2, 0.25) is 0 Å². The second-order valence-electron chi connectivity index (χ2n) is 11.7. The largest absolute Gasteiger partial charge is 0.494 e. The maximum atomic E-state index is 15.2. The molecular formula is C36H39F9O4. The third-order valence-corrected chi connectivity index (χ3v) is 7.71. The zero-order valence-corrected chi connectivity index (χ0v) is 27.2. The van der Waals surface area contributed by atoms with E-state index in [2.05, 4.69) is 11.7 Å². The van der Waals surface area contributed by atoms with E-state index >= 15 is 8.78 Å². The minimum Gasteiger partial charge on any atom is -0.494 e. The minimum atomic E-state index is -6.41. The molecule has 0 heterocycles. The number of esters is 1. The van der Waals surface area contributed by atoms with Crippen molar-refractivity contribution in [2.45, 2.75) is 89.3 Å². The van der Waals surface area contributed by atoms with Gasteiger partial charge in [-0.3, -0.25) is 4.79 Å². The number of ether oxygens (including phenoxy) is 3. The van der Waals surface area contributed by atoms with Crippen molar-refractivity contribution in [1.82, 2.24) is 0 Å². The fraction of sp³-hybridized carbons (Fsp3) is 0.472. The number of alkyl halides is 7. The number of carbonyl (C=O) groups excluding carboxylic acids is 1. The topological polar surface area (TPSA) is 44.8 Å². The average Bonchev–Trinajstić information content (AvgIpc) is 3.04. The van der Waals surface area contributed by atoms with Crippen LogP contribution >= 0.6 is 0 Å². The van der Waals surface area contributed by atoms with E-state index in [9.17, 15) is 35.5 Å². The smallest absolute Gasteiger partial charge is 0.459 e. The summed E-state index contributed by atoms with van der Waals surface area (Å²) in [5.41, 5.74) is 1.50. The number of unbranched alkanes of at least 4 members (excludes halogenated alkanes) is 4. The molecule has 0 aromatic heterocycles. The first kappa shape index (κ1) is 39.7. The molecule has 0 bridgehead atoms. The quantitative estimate of drug-likeness (QED) is 0.0707. The molecule has 1 atom stereocenters. The summed E-state index contributed by atoms with van der Waals surface area (Å²) in [6.07, 6.45) is -1.13. The molecule has 0 unspecified atom stereocenters. The maximum Gasteiger partial charge on any atom is 0.459 e. The number of halogens is 9. The molecule has 0 aliphatic heterocycles. The number of carbonyl (C=O) groups is 1. The van der Waals surface area contributed by atoms with Crippen molar-refractivity contribution >= 4 is 5.97 Å². The molecule has 0 spiro atoms. The van der Waals surface area contributed by atoms with Crippen LogP contribution in [0.25, 0.3) is 22.3 Å². The van der Waals surface area contributed by atoms with Gasteiger partial charge in [0, 0.05) is 17.7 Å². The lowest BCUT2D eigenvalue weighted by atomic mass is 9.98. The summed E-state index contributed by atoms with van der Waals surface area (Å²) in [5.74, 6) is -13.8. The van der Waals surface area contributed by atoms with E-state index in [4.69, 9.17) is 9.47 Å². The summed E-state index contributed by atoms with van der Waals surface area (Å²) in [6, 6.07) is 15.4. The standard InChI is InChI=1S/C36H39F9O4/c1-3-4-5-6-9-24(2)49-31(46)22-25-10-12-26(13-11-25)29-18-19-30(33(38)32(29)37)27-14-16-28(17-15-27)48-21-8-7-20-47-23-34(39,40)35(41,42)36(43,44)45/h10-19,24H,3-9,20-23H2,1-2H3/t24-/m0/s1. The summed E-state index contributed by atoms with van der Waals surface area (Å²) < 4.78 is 134. The van der Waals surface area contributed by atoms with E-state index in [0.29, 0.717) is 22.4 Å². The highest BCUT2D eigenvalue weighted by Gasteiger charge is 2.72. The van der Waals surface area contributed by atoms with Crippen LogP contribution < -0.4 is 4.74 Å². The number of hydrogen-bond acceptors (Lipinski definition) is 4. The molecule has 13 heteroatoms. The number of hydrogen-bond donors (Lipinski definition) is 0. The second-order valence-corrected chi connectivity index (χ2v) is 11.7. The Morgan fingerprint density at radius 1 is 0.714 bits per heavy atom. The van der Waals surface area contributed by atoms with Gasteiger partial charge in [0.15, 0.2) is 11.6 Å². The van der Waals surface area contributed by atoms with E-state index in [1.54, 1.807) is 24.3 Å². The molecule has 0 saturated heterocycles. The highest BCUT2D eigenvalue weighted by atomic mass is 19.4. The number of benzene rings is 3. The lowest BCUT2D eigenvalue weighted by Crippen LogP contribution is -2.54. The van der Waals surface area contributed by atoms with Gasteiger partial charge in [-0.1, -0.05) is 74.7 Å². The Labute approximate surface area is 279 Å². The molecule has 3 aromatic carbocycles. The van der Waals surface area contributed by atoms with Gasteiger partial charge >= 0.3 is 24.0 Å². The Balaban J connectivity index is 1.48. The molecule has 0 fully saturated rings. The summed E-state index contributed by atoms with van der Waals surface area (Å²) in [7, 11) is 0. The van der Waals surface area contributed by atoms with E-state index in [-0.39, 0.29) is 49.1 Å². The predicted octanol–water partition coefficient (Wildman–Crippen LogP) is 10.8. The van der Waals surface area contributed by atoms with Crippen molar-refractivity contribution in [1.29, 1.82) is 0 Å². The first-order valence-electron chi connectivity index (χ1n) is 16.0. The van der Waals surface area contributed by atoms with Crippen LogP contribution in [0.5, 0.6) is 5.75 Å². The van der Waals surface area contributed by atoms with Gasteiger partial charge in [0.2, 0.25) is 0 Å². The fourth-order valence-corrected chi connectivity index (χ4v) is 4.87. The molecule has 0 aliphatic carbocycles. The van der Waals surface area contributed by atoms with Crippen molar-refractivity contribution in [3.63, 3.8) is 0 Å². The van der Waals surface area contributed by atoms with Gasteiger partial charge in [0.05, 0.1) is 19.1 Å². The Morgan fingerprint density at radius 3 is 1.82 bits per heavy atom. The first-order chi connectivity index (χ1) is 23.1. The van der Waals surface area contributed by atoms with Crippen LogP contribution in [-0.4, -0.2) is 49.9 Å². The van der Waals surface area contributed by atoms with Gasteiger partial charge in [-0.25, -0.2) is 8.78 Å². The molecule has 4 nitrogen and oxygen atoms in total. The summed E-state index contributed by atoms with van der Waals surface area (Å²) in [6.45, 7) is 1.44. The summed E-state index contributed by atoms with van der Waals surface area (Å²) in [4.78, 5) is 12.3. The van der Waals surface area contributed by atoms with Crippen molar-refractivity contribution in [3.8, 4) is 28.0 Å². The second kappa shape index (κ2) is 17.8.